The molecule has 1 aliphatic heterocycles. The fraction of sp³-hybridized carbons (Fsp3) is 0.588. The first-order valence-corrected chi connectivity index (χ1v) is 9.19. The highest BCUT2D eigenvalue weighted by atomic mass is 16.5. The van der Waals surface area contributed by atoms with Crippen LogP contribution in [0.25, 0.3) is 5.78 Å². The number of rotatable bonds is 6. The lowest BCUT2D eigenvalue weighted by molar-refractivity contribution is 0.214. The Bertz CT molecular complexity index is 865. The molecule has 4 rings (SSSR count). The lowest BCUT2D eigenvalue weighted by atomic mass is 10.2. The van der Waals surface area contributed by atoms with Gasteiger partial charge in [-0.05, 0) is 13.3 Å². The number of aryl methyl sites for hydroxylation is 2. The van der Waals surface area contributed by atoms with Gasteiger partial charge in [-0.2, -0.15) is 19.6 Å². The van der Waals surface area contributed by atoms with Crippen LogP contribution in [-0.2, 0) is 13.0 Å². The topological polar surface area (TPSA) is 88.5 Å². The number of piperazine rings is 1. The molecule has 4 heterocycles. The number of nitrogens with zero attached hydrogens (tertiary/aromatic N) is 8. The molecule has 3 aromatic heterocycles. The van der Waals surface area contributed by atoms with Crippen LogP contribution in [0.1, 0.15) is 37.2 Å². The molecule has 3 aromatic rings. The van der Waals surface area contributed by atoms with Crippen LogP contribution in [-0.4, -0.2) is 60.8 Å². The largest absolute Gasteiger partial charge is 0.354 e. The van der Waals surface area contributed by atoms with E-state index in [1.54, 1.807) is 10.8 Å². The minimum Gasteiger partial charge on any atom is -0.354 e. The number of fused-ring (bicyclic) bond motifs is 1. The first-order chi connectivity index (χ1) is 12.7. The number of anilines is 1. The van der Waals surface area contributed by atoms with E-state index in [-0.39, 0.29) is 0 Å². The van der Waals surface area contributed by atoms with Crippen molar-refractivity contribution in [3.8, 4) is 0 Å². The van der Waals surface area contributed by atoms with Gasteiger partial charge in [0.25, 0.3) is 5.78 Å². The molecule has 0 radical (unpaired) electrons. The van der Waals surface area contributed by atoms with Crippen molar-refractivity contribution in [3.05, 3.63) is 29.8 Å². The van der Waals surface area contributed by atoms with Crippen LogP contribution in [0.3, 0.4) is 0 Å². The molecule has 0 aromatic carbocycles. The number of hydrogen-bond acceptors (Lipinski definition) is 8. The highest BCUT2D eigenvalue weighted by Gasteiger charge is 2.21. The van der Waals surface area contributed by atoms with Gasteiger partial charge in [0, 0.05) is 44.4 Å². The van der Waals surface area contributed by atoms with E-state index in [0.29, 0.717) is 18.2 Å². The minimum absolute atomic E-state index is 0.646. The van der Waals surface area contributed by atoms with Gasteiger partial charge < -0.3 is 9.42 Å². The second-order valence-electron chi connectivity index (χ2n) is 6.70. The zero-order chi connectivity index (χ0) is 17.9. The van der Waals surface area contributed by atoms with E-state index in [0.717, 1.165) is 62.8 Å². The van der Waals surface area contributed by atoms with Crippen LogP contribution in [0.5, 0.6) is 0 Å². The Morgan fingerprint density at radius 2 is 2.00 bits per heavy atom. The summed E-state index contributed by atoms with van der Waals surface area (Å²) < 4.78 is 7.20. The van der Waals surface area contributed by atoms with Crippen molar-refractivity contribution in [1.82, 2.24) is 34.6 Å². The van der Waals surface area contributed by atoms with E-state index >= 15 is 0 Å². The summed E-state index contributed by atoms with van der Waals surface area (Å²) in [4.78, 5) is 17.8. The molecule has 1 aliphatic rings. The highest BCUT2D eigenvalue weighted by molar-refractivity contribution is 5.47. The van der Waals surface area contributed by atoms with E-state index in [4.69, 9.17) is 4.52 Å². The molecule has 9 nitrogen and oxygen atoms in total. The lowest BCUT2D eigenvalue weighted by Gasteiger charge is -2.35. The molecule has 1 fully saturated rings. The zero-order valence-electron chi connectivity index (χ0n) is 15.3. The third-order valence-corrected chi connectivity index (χ3v) is 4.68. The maximum atomic E-state index is 5.39. The summed E-state index contributed by atoms with van der Waals surface area (Å²) in [6, 6.07) is 2.06. The Morgan fingerprint density at radius 3 is 2.81 bits per heavy atom. The molecule has 0 unspecified atom stereocenters. The summed E-state index contributed by atoms with van der Waals surface area (Å²) in [6.07, 6.45) is 4.68. The van der Waals surface area contributed by atoms with Crippen LogP contribution < -0.4 is 4.90 Å². The van der Waals surface area contributed by atoms with Gasteiger partial charge in [-0.15, -0.1) is 0 Å². The Labute approximate surface area is 152 Å². The van der Waals surface area contributed by atoms with Crippen LogP contribution in [0.4, 0.5) is 5.82 Å². The molecule has 0 amide bonds. The van der Waals surface area contributed by atoms with Crippen molar-refractivity contribution >= 4 is 11.6 Å². The summed E-state index contributed by atoms with van der Waals surface area (Å²) in [7, 11) is 0. The van der Waals surface area contributed by atoms with Crippen molar-refractivity contribution < 1.29 is 4.52 Å². The molecule has 0 aliphatic carbocycles. The summed E-state index contributed by atoms with van der Waals surface area (Å²) in [5.74, 6) is 3.22. The first kappa shape index (κ1) is 16.9. The molecule has 9 heteroatoms. The molecule has 0 atom stereocenters. The summed E-state index contributed by atoms with van der Waals surface area (Å²) >= 11 is 0. The second-order valence-corrected chi connectivity index (χ2v) is 6.70. The average molecular weight is 356 g/mol. The normalized spacial score (nSPS) is 15.8. The van der Waals surface area contributed by atoms with Crippen LogP contribution in [0.15, 0.2) is 16.9 Å². The second kappa shape index (κ2) is 7.36. The van der Waals surface area contributed by atoms with Crippen LogP contribution in [0, 0.1) is 6.92 Å². The predicted octanol–water partition coefficient (Wildman–Crippen LogP) is 1.48. The number of aromatic nitrogens is 6. The van der Waals surface area contributed by atoms with Crippen molar-refractivity contribution in [2.24, 2.45) is 0 Å². The zero-order valence-corrected chi connectivity index (χ0v) is 15.3. The SMILES string of the molecule is CCCCc1noc(CN2CCN(c3cc(C)nc4ncnn34)CC2)n1. The van der Waals surface area contributed by atoms with Crippen molar-refractivity contribution in [2.75, 3.05) is 31.1 Å². The van der Waals surface area contributed by atoms with Gasteiger partial charge in [-0.1, -0.05) is 18.5 Å². The van der Waals surface area contributed by atoms with Crippen LogP contribution in [0.2, 0.25) is 0 Å². The summed E-state index contributed by atoms with van der Waals surface area (Å²) in [5.41, 5.74) is 0.952. The minimum atomic E-state index is 0.646. The van der Waals surface area contributed by atoms with Crippen LogP contribution >= 0.6 is 0 Å². The Morgan fingerprint density at radius 1 is 1.15 bits per heavy atom. The fourth-order valence-corrected chi connectivity index (χ4v) is 3.25. The van der Waals surface area contributed by atoms with Gasteiger partial charge in [-0.25, -0.2) is 4.98 Å². The van der Waals surface area contributed by atoms with E-state index in [2.05, 4.69) is 48.0 Å². The standard InChI is InChI=1S/C17H24N8O/c1-3-4-5-14-21-15(26-22-14)11-23-6-8-24(9-7-23)16-10-13(2)20-17-18-12-19-25(16)17/h10,12H,3-9,11H2,1-2H3. The van der Waals surface area contributed by atoms with Gasteiger partial charge in [0.2, 0.25) is 5.89 Å². The maximum Gasteiger partial charge on any atom is 0.254 e. The quantitative estimate of drug-likeness (QED) is 0.656. The van der Waals surface area contributed by atoms with Gasteiger partial charge in [-0.3, -0.25) is 4.90 Å². The molecular weight excluding hydrogens is 332 g/mol. The molecule has 0 N–H and O–H groups in total. The maximum absolute atomic E-state index is 5.39. The van der Waals surface area contributed by atoms with Crippen molar-refractivity contribution in [2.45, 2.75) is 39.7 Å². The molecule has 0 spiro atoms. The van der Waals surface area contributed by atoms with Crippen molar-refractivity contribution in [3.63, 3.8) is 0 Å². The Kier molecular flexibility index (Phi) is 4.79. The average Bonchev–Trinajstić information content (AvgIpc) is 3.29. The van der Waals surface area contributed by atoms with E-state index in [9.17, 15) is 0 Å². The van der Waals surface area contributed by atoms with Gasteiger partial charge in [0.15, 0.2) is 5.82 Å². The fourth-order valence-electron chi connectivity index (χ4n) is 3.25. The Balaban J connectivity index is 1.38. The third-order valence-electron chi connectivity index (χ3n) is 4.68. The monoisotopic (exact) mass is 356 g/mol. The molecule has 138 valence electrons. The molecule has 1 saturated heterocycles. The molecule has 0 saturated carbocycles. The number of hydrogen-bond donors (Lipinski definition) is 0. The molecule has 26 heavy (non-hydrogen) atoms. The summed E-state index contributed by atoms with van der Waals surface area (Å²) in [5, 5.41) is 8.37. The smallest absolute Gasteiger partial charge is 0.254 e. The van der Waals surface area contributed by atoms with E-state index in [1.165, 1.54) is 0 Å². The highest BCUT2D eigenvalue weighted by Crippen LogP contribution is 2.18. The van der Waals surface area contributed by atoms with Gasteiger partial charge in [0.05, 0.1) is 6.54 Å². The van der Waals surface area contributed by atoms with E-state index in [1.807, 2.05) is 6.92 Å². The predicted molar refractivity (Wildman–Crippen MR) is 95.9 cm³/mol. The Hall–Kier alpha value is -2.55. The van der Waals surface area contributed by atoms with Crippen molar-refractivity contribution in [1.29, 1.82) is 0 Å². The van der Waals surface area contributed by atoms with E-state index < -0.39 is 0 Å². The molecule has 0 bridgehead atoms. The first-order valence-electron chi connectivity index (χ1n) is 9.19. The van der Waals surface area contributed by atoms with Gasteiger partial charge in [0.1, 0.15) is 12.1 Å². The summed E-state index contributed by atoms with van der Waals surface area (Å²) in [6.45, 7) is 8.55. The number of unbranched alkanes of at least 4 members (excludes halogenated alkanes) is 1. The van der Waals surface area contributed by atoms with Gasteiger partial charge >= 0.3 is 0 Å². The third kappa shape index (κ3) is 3.52. The molecular formula is C17H24N8O. The lowest BCUT2D eigenvalue weighted by Crippen LogP contribution is -2.46.